The first-order valence-electron chi connectivity index (χ1n) is 11.7. The van der Waals surface area contributed by atoms with Crippen LogP contribution in [0.3, 0.4) is 0 Å². The van der Waals surface area contributed by atoms with Gasteiger partial charge in [0, 0.05) is 5.92 Å². The van der Waals surface area contributed by atoms with Crippen LogP contribution in [0.2, 0.25) is 0 Å². The number of nitrogens with one attached hydrogen (secondary N) is 1. The van der Waals surface area contributed by atoms with Crippen molar-refractivity contribution >= 4 is 36.6 Å². The van der Waals surface area contributed by atoms with Crippen LogP contribution in [0.1, 0.15) is 24.4 Å². The number of benzene rings is 1. The van der Waals surface area contributed by atoms with Crippen molar-refractivity contribution in [2.24, 2.45) is 5.92 Å². The van der Waals surface area contributed by atoms with Crippen molar-refractivity contribution in [3.05, 3.63) is 60.7 Å². The maximum atomic E-state index is 13.5. The van der Waals surface area contributed by atoms with Crippen molar-refractivity contribution in [3.63, 3.8) is 0 Å². The average molecular weight is 561 g/mol. The van der Waals surface area contributed by atoms with Gasteiger partial charge in [-0.25, -0.2) is 19.5 Å². The highest BCUT2D eigenvalue weighted by atomic mass is 31.2. The summed E-state index contributed by atoms with van der Waals surface area (Å²) in [5.74, 6) is -2.58. The van der Waals surface area contributed by atoms with Gasteiger partial charge in [0.25, 0.3) is 5.91 Å². The summed E-state index contributed by atoms with van der Waals surface area (Å²) in [6.45, 7) is -0.208. The number of aliphatic carboxylic acids is 1. The largest absolute Gasteiger partial charge is 0.481 e. The first-order valence-corrected chi connectivity index (χ1v) is 13.3. The molecule has 0 fully saturated rings. The fourth-order valence-electron chi connectivity index (χ4n) is 4.53. The molecule has 15 nitrogen and oxygen atoms in total. The number of carboxylic acids is 1. The Hall–Kier alpha value is -3.72. The second-order valence-electron chi connectivity index (χ2n) is 8.71. The van der Waals surface area contributed by atoms with E-state index in [-0.39, 0.29) is 29.9 Å². The average Bonchev–Trinajstić information content (AvgIpc) is 3.55. The molecule has 0 aliphatic heterocycles. The molecule has 1 amide bonds. The molecule has 0 saturated carbocycles. The smallest absolute Gasteiger partial charge is 0.432 e. The van der Waals surface area contributed by atoms with E-state index in [1.165, 1.54) is 18.5 Å². The van der Waals surface area contributed by atoms with Crippen molar-refractivity contribution in [1.29, 1.82) is 0 Å². The zero-order valence-corrected chi connectivity index (χ0v) is 22.0. The molecule has 0 spiro atoms. The van der Waals surface area contributed by atoms with Crippen LogP contribution in [-0.2, 0) is 33.9 Å². The summed E-state index contributed by atoms with van der Waals surface area (Å²) in [4.78, 5) is 58.5. The van der Waals surface area contributed by atoms with E-state index in [4.69, 9.17) is 19.9 Å². The predicted molar refractivity (Wildman–Crippen MR) is 136 cm³/mol. The van der Waals surface area contributed by atoms with Gasteiger partial charge in [0.1, 0.15) is 11.8 Å². The lowest BCUT2D eigenvalue weighted by Crippen LogP contribution is -2.56. The molecule has 0 bridgehead atoms. The number of anilines is 1. The number of nitrogens with zero attached hydrogens (tertiary/aromatic N) is 5. The van der Waals surface area contributed by atoms with Crippen LogP contribution in [0.25, 0.3) is 11.2 Å². The highest BCUT2D eigenvalue weighted by Gasteiger charge is 2.51. The number of carbonyl (C=O) groups excluding carboxylic acids is 1. The van der Waals surface area contributed by atoms with Gasteiger partial charge < -0.3 is 20.3 Å². The van der Waals surface area contributed by atoms with Gasteiger partial charge in [-0.15, -0.1) is 0 Å². The Morgan fingerprint density at radius 3 is 2.59 bits per heavy atom. The molecule has 4 rings (SSSR count). The van der Waals surface area contributed by atoms with Gasteiger partial charge in [-0.1, -0.05) is 42.5 Å². The number of hydroxylamine groups is 2. The summed E-state index contributed by atoms with van der Waals surface area (Å²) in [6, 6.07) is 7.59. The minimum Gasteiger partial charge on any atom is -0.481 e. The quantitative estimate of drug-likeness (QED) is 0.141. The zero-order valence-electron chi connectivity index (χ0n) is 21.1. The van der Waals surface area contributed by atoms with E-state index in [0.717, 1.165) is 14.2 Å². The summed E-state index contributed by atoms with van der Waals surface area (Å²) in [5, 5.41) is 12.2. The Labute approximate surface area is 222 Å². The Bertz CT molecular complexity index is 1410. The molecular formula is C23H28N7O8P. The van der Waals surface area contributed by atoms with Gasteiger partial charge in [-0.2, -0.15) is 0 Å². The van der Waals surface area contributed by atoms with Gasteiger partial charge in [-0.05, 0) is 17.2 Å². The monoisotopic (exact) mass is 561 g/mol. The minimum atomic E-state index is -4.77. The van der Waals surface area contributed by atoms with Crippen molar-refractivity contribution in [2.45, 2.75) is 24.4 Å². The summed E-state index contributed by atoms with van der Waals surface area (Å²) >= 11 is 0. The summed E-state index contributed by atoms with van der Waals surface area (Å²) in [5.41, 5.74) is 4.85. The molecule has 4 atom stereocenters. The fraction of sp³-hybridized carbons (Fsp3) is 0.348. The van der Waals surface area contributed by atoms with Crippen LogP contribution in [-0.4, -0.2) is 67.4 Å². The maximum absolute atomic E-state index is 13.5. The number of fused-ring (bicyclic) bond motifs is 1. The molecule has 1 unspecified atom stereocenters. The van der Waals surface area contributed by atoms with Crippen molar-refractivity contribution in [3.8, 4) is 0 Å². The van der Waals surface area contributed by atoms with Crippen LogP contribution < -0.4 is 10.8 Å². The van der Waals surface area contributed by atoms with E-state index in [1.54, 1.807) is 24.5 Å². The third-order valence-corrected chi connectivity index (χ3v) is 7.26. The third kappa shape index (κ3) is 5.83. The van der Waals surface area contributed by atoms with Gasteiger partial charge in [0.2, 0.25) is 0 Å². The van der Waals surface area contributed by atoms with Crippen LogP contribution in [0.4, 0.5) is 5.82 Å². The summed E-state index contributed by atoms with van der Waals surface area (Å²) < 4.78 is 20.0. The van der Waals surface area contributed by atoms with E-state index in [0.29, 0.717) is 22.8 Å². The van der Waals surface area contributed by atoms with E-state index in [1.807, 2.05) is 21.8 Å². The van der Waals surface area contributed by atoms with Gasteiger partial charge >= 0.3 is 13.7 Å². The molecule has 1 aromatic carbocycles. The molecule has 1 aliphatic carbocycles. The van der Waals surface area contributed by atoms with Crippen molar-refractivity contribution < 1.29 is 38.4 Å². The lowest BCUT2D eigenvalue weighted by atomic mass is 9.86. The number of imidazole rings is 1. The number of aromatic nitrogens is 4. The highest BCUT2D eigenvalue weighted by Crippen LogP contribution is 2.43. The number of hydrogen-bond acceptors (Lipinski definition) is 11. The molecule has 2 heterocycles. The van der Waals surface area contributed by atoms with Crippen LogP contribution in [0, 0.1) is 5.92 Å². The molecule has 39 heavy (non-hydrogen) atoms. The predicted octanol–water partition coefficient (Wildman–Crippen LogP) is 1.55. The standard InChI is InChI=1S/C23H28N7O8P/c1-36-30(37-2)23(11-18(31)32,16-6-4-3-5-7-16)22(33)28-39(34,35)38-12-15-8-9-17(10-15)29-14-27-19-20(24)25-13-26-21(19)29/h3-9,13-15,17H,10-12H2,1-2H3,(H,31,32)(H2,24,25,26)(H2,28,33,34,35)/t15-,17+,23-/m0/s1. The van der Waals surface area contributed by atoms with E-state index in [2.05, 4.69) is 15.0 Å². The summed E-state index contributed by atoms with van der Waals surface area (Å²) in [6.07, 6.45) is 6.28. The van der Waals surface area contributed by atoms with Crippen LogP contribution >= 0.6 is 7.75 Å². The number of carboxylic acid groups (broad SMARTS) is 1. The number of allylic oxidation sites excluding steroid dienone is 1. The molecule has 208 valence electrons. The number of carbonyl (C=O) groups is 2. The lowest BCUT2D eigenvalue weighted by Gasteiger charge is -2.38. The zero-order chi connectivity index (χ0) is 28.2. The van der Waals surface area contributed by atoms with Gasteiger partial charge in [-0.3, -0.25) is 28.9 Å². The number of nitrogens with two attached hydrogens (primary N) is 1. The highest BCUT2D eigenvalue weighted by molar-refractivity contribution is 7.51. The number of hydrogen-bond donors (Lipinski definition) is 4. The van der Waals surface area contributed by atoms with Crippen molar-refractivity contribution in [1.82, 2.24) is 29.8 Å². The normalized spacial score (nSPS) is 20.1. The summed E-state index contributed by atoms with van der Waals surface area (Å²) in [7, 11) is -2.44. The van der Waals surface area contributed by atoms with Crippen LogP contribution in [0.15, 0.2) is 55.1 Å². The molecule has 0 saturated heterocycles. The second-order valence-corrected chi connectivity index (χ2v) is 10.2. The molecule has 3 aromatic rings. The first-order chi connectivity index (χ1) is 18.6. The minimum absolute atomic E-state index is 0.146. The molecule has 2 aromatic heterocycles. The van der Waals surface area contributed by atoms with Crippen LogP contribution in [0.5, 0.6) is 0 Å². The van der Waals surface area contributed by atoms with E-state index < -0.39 is 31.6 Å². The molecule has 0 radical (unpaired) electrons. The van der Waals surface area contributed by atoms with E-state index in [9.17, 15) is 24.2 Å². The SMILES string of the molecule is CON(OC)[C@](CC(=O)O)(C(=O)NP(=O)(O)OC[C@H]1C=C[C@@H](n2cnc3c(N)ncnc32)C1)c1ccccc1. The lowest BCUT2D eigenvalue weighted by molar-refractivity contribution is -0.387. The topological polar surface area (TPSA) is 204 Å². The Morgan fingerprint density at radius 1 is 1.21 bits per heavy atom. The van der Waals surface area contributed by atoms with Gasteiger partial charge in [0.15, 0.2) is 17.0 Å². The first kappa shape index (κ1) is 28.3. The maximum Gasteiger partial charge on any atom is 0.432 e. The van der Waals surface area contributed by atoms with Gasteiger partial charge in [0.05, 0.1) is 39.6 Å². The Kier molecular flexibility index (Phi) is 8.39. The second kappa shape index (κ2) is 11.6. The van der Waals surface area contributed by atoms with Crippen molar-refractivity contribution in [2.75, 3.05) is 26.6 Å². The molecule has 1 aliphatic rings. The number of nitrogen functional groups attached to an aromatic ring is 1. The molecule has 5 N–H and O–H groups in total. The number of amides is 1. The third-order valence-electron chi connectivity index (χ3n) is 6.28. The molecule has 16 heteroatoms. The fourth-order valence-corrected chi connectivity index (χ4v) is 5.43. The Morgan fingerprint density at radius 2 is 1.92 bits per heavy atom. The Balaban J connectivity index is 1.48. The van der Waals surface area contributed by atoms with E-state index >= 15 is 0 Å². The number of rotatable bonds is 12. The molecular weight excluding hydrogens is 533 g/mol.